The molecule has 19 heavy (non-hydrogen) atoms. The quantitative estimate of drug-likeness (QED) is 0.799. The van der Waals surface area contributed by atoms with Crippen molar-refractivity contribution in [2.75, 3.05) is 0 Å². The fraction of sp³-hybridized carbons (Fsp3) is 0.615. The number of hydrogen-bond donors (Lipinski definition) is 1. The molecule has 1 fully saturated rings. The number of nitriles is 1. The first-order valence-corrected chi connectivity index (χ1v) is 6.35. The summed E-state index contributed by atoms with van der Waals surface area (Å²) in [5.41, 5.74) is -2.05. The molecular weight excluding hydrogens is 246 g/mol. The Morgan fingerprint density at radius 1 is 1.16 bits per heavy atom. The van der Waals surface area contributed by atoms with Crippen molar-refractivity contribution in [1.29, 1.82) is 5.26 Å². The van der Waals surface area contributed by atoms with E-state index in [1.807, 2.05) is 0 Å². The maximum atomic E-state index is 12.3. The van der Waals surface area contributed by atoms with Gasteiger partial charge in [0.15, 0.2) is 0 Å². The molecule has 0 aliphatic heterocycles. The second kappa shape index (κ2) is 4.57. The number of rotatable bonds is 1. The average Bonchev–Trinajstić information content (AvgIpc) is 2.44. The van der Waals surface area contributed by atoms with Crippen molar-refractivity contribution in [3.05, 3.63) is 26.4 Å². The van der Waals surface area contributed by atoms with Gasteiger partial charge in [-0.25, -0.2) is 4.79 Å². The van der Waals surface area contributed by atoms with E-state index >= 15 is 0 Å². The monoisotopic (exact) mass is 263 g/mol. The summed E-state index contributed by atoms with van der Waals surface area (Å²) in [4.78, 5) is 24.0. The Morgan fingerprint density at radius 2 is 1.74 bits per heavy atom. The lowest BCUT2D eigenvalue weighted by Crippen LogP contribution is -2.44. The Kier molecular flexibility index (Phi) is 3.23. The van der Waals surface area contributed by atoms with Gasteiger partial charge in [0.25, 0.3) is 5.56 Å². The zero-order valence-corrected chi connectivity index (χ0v) is 11.1. The van der Waals surface area contributed by atoms with Gasteiger partial charge in [-0.15, -0.1) is 0 Å². The molecule has 0 unspecified atom stereocenters. The van der Waals surface area contributed by atoms with Crippen molar-refractivity contribution in [3.8, 4) is 11.9 Å². The van der Waals surface area contributed by atoms with Gasteiger partial charge in [-0.2, -0.15) is 5.26 Å². The van der Waals surface area contributed by atoms with Gasteiger partial charge in [-0.1, -0.05) is 19.3 Å². The lowest BCUT2D eigenvalue weighted by Gasteiger charge is -2.31. The SMILES string of the molecule is Cn1c(O)c(C2(C#N)CCCCC2)c(=O)n(C)c1=O. The normalized spacial score (nSPS) is 17.9. The third-order valence-electron chi connectivity index (χ3n) is 4.03. The molecule has 102 valence electrons. The Balaban J connectivity index is 2.79. The first-order valence-electron chi connectivity index (χ1n) is 6.35. The van der Waals surface area contributed by atoms with E-state index in [-0.39, 0.29) is 11.4 Å². The van der Waals surface area contributed by atoms with Crippen molar-refractivity contribution < 1.29 is 5.11 Å². The standard InChI is InChI=1S/C13H17N3O3/c1-15-10(17)9(11(18)16(2)12(15)19)13(8-14)6-4-3-5-7-13/h17H,3-7H2,1-2H3. The Labute approximate surface area is 110 Å². The van der Waals surface area contributed by atoms with Gasteiger partial charge >= 0.3 is 5.69 Å². The lowest BCUT2D eigenvalue weighted by molar-refractivity contribution is 0.328. The van der Waals surface area contributed by atoms with Crippen molar-refractivity contribution in [3.63, 3.8) is 0 Å². The second-order valence-corrected chi connectivity index (χ2v) is 5.16. The zero-order chi connectivity index (χ0) is 14.2. The molecule has 1 aliphatic carbocycles. The number of hydrogen-bond acceptors (Lipinski definition) is 4. The highest BCUT2D eigenvalue weighted by atomic mass is 16.3. The fourth-order valence-electron chi connectivity index (χ4n) is 2.83. The van der Waals surface area contributed by atoms with Crippen LogP contribution in [0.15, 0.2) is 9.59 Å². The molecule has 1 aromatic rings. The molecule has 0 aromatic carbocycles. The van der Waals surface area contributed by atoms with Crippen LogP contribution in [0.2, 0.25) is 0 Å². The van der Waals surface area contributed by atoms with Crippen LogP contribution in [0, 0.1) is 11.3 Å². The van der Waals surface area contributed by atoms with Crippen LogP contribution in [-0.4, -0.2) is 14.2 Å². The van der Waals surface area contributed by atoms with Crippen molar-refractivity contribution >= 4 is 0 Å². The van der Waals surface area contributed by atoms with E-state index in [0.29, 0.717) is 12.8 Å². The summed E-state index contributed by atoms with van der Waals surface area (Å²) in [5, 5.41) is 19.6. The van der Waals surface area contributed by atoms with Crippen LogP contribution in [0.1, 0.15) is 37.7 Å². The average molecular weight is 263 g/mol. The number of aromatic nitrogens is 2. The molecule has 0 saturated heterocycles. The van der Waals surface area contributed by atoms with E-state index in [4.69, 9.17) is 0 Å². The van der Waals surface area contributed by atoms with E-state index < -0.39 is 16.7 Å². The van der Waals surface area contributed by atoms with E-state index in [0.717, 1.165) is 28.4 Å². The van der Waals surface area contributed by atoms with Crippen LogP contribution in [-0.2, 0) is 19.5 Å². The van der Waals surface area contributed by atoms with Crippen LogP contribution in [0.3, 0.4) is 0 Å². The lowest BCUT2D eigenvalue weighted by atomic mass is 9.71. The summed E-state index contributed by atoms with van der Waals surface area (Å²) in [6, 6.07) is 2.20. The molecule has 1 heterocycles. The van der Waals surface area contributed by atoms with Crippen LogP contribution in [0.5, 0.6) is 5.88 Å². The molecular formula is C13H17N3O3. The molecule has 1 aromatic heterocycles. The molecule has 0 bridgehead atoms. The second-order valence-electron chi connectivity index (χ2n) is 5.16. The molecule has 0 radical (unpaired) electrons. The molecule has 1 aliphatic rings. The van der Waals surface area contributed by atoms with Gasteiger partial charge in [-0.05, 0) is 12.8 Å². The van der Waals surface area contributed by atoms with E-state index in [9.17, 15) is 20.0 Å². The smallest absolute Gasteiger partial charge is 0.333 e. The van der Waals surface area contributed by atoms with Gasteiger partial charge in [0.1, 0.15) is 0 Å². The third kappa shape index (κ3) is 1.86. The third-order valence-corrected chi connectivity index (χ3v) is 4.03. The van der Waals surface area contributed by atoms with E-state index in [1.54, 1.807) is 0 Å². The summed E-state index contributed by atoms with van der Waals surface area (Å²) in [5.74, 6) is -0.378. The number of aromatic hydroxyl groups is 1. The minimum absolute atomic E-state index is 0.0688. The highest BCUT2D eigenvalue weighted by Gasteiger charge is 2.40. The first kappa shape index (κ1) is 13.4. The fourth-order valence-corrected chi connectivity index (χ4v) is 2.83. The summed E-state index contributed by atoms with van der Waals surface area (Å²) < 4.78 is 1.97. The van der Waals surface area contributed by atoms with Crippen LogP contribution in [0.25, 0.3) is 0 Å². The Bertz CT molecular complexity index is 657. The minimum atomic E-state index is -0.970. The van der Waals surface area contributed by atoms with Crippen LogP contribution in [0.4, 0.5) is 0 Å². The summed E-state index contributed by atoms with van der Waals surface area (Å²) >= 11 is 0. The maximum absolute atomic E-state index is 12.3. The van der Waals surface area contributed by atoms with Gasteiger partial charge in [0.05, 0.1) is 17.0 Å². The van der Waals surface area contributed by atoms with E-state index in [1.165, 1.54) is 14.1 Å². The number of nitrogens with zero attached hydrogens (tertiary/aromatic N) is 3. The predicted molar refractivity (Wildman–Crippen MR) is 69.0 cm³/mol. The predicted octanol–water partition coefficient (Wildman–Crippen LogP) is 0.515. The minimum Gasteiger partial charge on any atom is -0.494 e. The van der Waals surface area contributed by atoms with Crippen molar-refractivity contribution in [2.24, 2.45) is 14.1 Å². The van der Waals surface area contributed by atoms with Gasteiger partial charge in [-0.3, -0.25) is 13.9 Å². The molecule has 0 amide bonds. The molecule has 6 heteroatoms. The Morgan fingerprint density at radius 3 is 2.26 bits per heavy atom. The van der Waals surface area contributed by atoms with Crippen molar-refractivity contribution in [1.82, 2.24) is 9.13 Å². The van der Waals surface area contributed by atoms with Gasteiger partial charge in [0, 0.05) is 14.1 Å². The largest absolute Gasteiger partial charge is 0.494 e. The molecule has 1 saturated carbocycles. The maximum Gasteiger partial charge on any atom is 0.333 e. The molecule has 6 nitrogen and oxygen atoms in total. The zero-order valence-electron chi connectivity index (χ0n) is 11.1. The molecule has 0 spiro atoms. The molecule has 2 rings (SSSR count). The summed E-state index contributed by atoms with van der Waals surface area (Å²) in [6.07, 6.45) is 3.81. The summed E-state index contributed by atoms with van der Waals surface area (Å²) in [6.45, 7) is 0. The first-order chi connectivity index (χ1) is 8.94. The highest BCUT2D eigenvalue weighted by molar-refractivity contribution is 5.38. The van der Waals surface area contributed by atoms with Gasteiger partial charge < -0.3 is 5.11 Å². The topological polar surface area (TPSA) is 88.0 Å². The summed E-state index contributed by atoms with van der Waals surface area (Å²) in [7, 11) is 2.76. The van der Waals surface area contributed by atoms with Crippen LogP contribution >= 0.6 is 0 Å². The van der Waals surface area contributed by atoms with Crippen molar-refractivity contribution in [2.45, 2.75) is 37.5 Å². The van der Waals surface area contributed by atoms with Gasteiger partial charge in [0.2, 0.25) is 5.88 Å². The Hall–Kier alpha value is -2.03. The molecule has 0 atom stereocenters. The molecule has 1 N–H and O–H groups in total. The highest BCUT2D eigenvalue weighted by Crippen LogP contribution is 2.40. The van der Waals surface area contributed by atoms with E-state index in [2.05, 4.69) is 6.07 Å². The van der Waals surface area contributed by atoms with Crippen LogP contribution < -0.4 is 11.2 Å².